The highest BCUT2D eigenvalue weighted by Gasteiger charge is 2.38. The minimum absolute atomic E-state index is 0.0267. The summed E-state index contributed by atoms with van der Waals surface area (Å²) >= 11 is 13.5. The van der Waals surface area contributed by atoms with E-state index >= 15 is 4.39 Å². The van der Waals surface area contributed by atoms with Crippen LogP contribution in [0.15, 0.2) is 35.4 Å². The predicted octanol–water partition coefficient (Wildman–Crippen LogP) is 3.40. The third-order valence-electron chi connectivity index (χ3n) is 5.84. The fourth-order valence-electron chi connectivity index (χ4n) is 4.16. The molecule has 3 aromatic heterocycles. The van der Waals surface area contributed by atoms with Gasteiger partial charge in [-0.1, -0.05) is 40.6 Å². The van der Waals surface area contributed by atoms with Gasteiger partial charge in [-0.15, -0.1) is 0 Å². The summed E-state index contributed by atoms with van der Waals surface area (Å²) in [5.74, 6) is -0.992. The van der Waals surface area contributed by atoms with Crippen LogP contribution in [0.2, 0.25) is 10.2 Å². The molecule has 0 fully saturated rings. The summed E-state index contributed by atoms with van der Waals surface area (Å²) in [5.41, 5.74) is 1.57. The first-order chi connectivity index (χ1) is 17.6. The average molecular weight is 585 g/mol. The van der Waals surface area contributed by atoms with Crippen molar-refractivity contribution in [2.45, 2.75) is 24.4 Å². The number of benzene rings is 1. The summed E-state index contributed by atoms with van der Waals surface area (Å²) in [6, 6.07) is 6.00. The van der Waals surface area contributed by atoms with Crippen LogP contribution in [0.25, 0.3) is 4.96 Å². The Kier molecular flexibility index (Phi) is 6.83. The first-order valence-corrected chi connectivity index (χ1v) is 14.0. The van der Waals surface area contributed by atoms with Gasteiger partial charge < -0.3 is 9.64 Å². The van der Waals surface area contributed by atoms with Gasteiger partial charge in [0.1, 0.15) is 16.9 Å². The first kappa shape index (κ1) is 25.8. The lowest BCUT2D eigenvalue weighted by Gasteiger charge is -2.35. The number of ether oxygens (including phenoxy) is 1. The molecule has 0 bridgehead atoms. The van der Waals surface area contributed by atoms with Gasteiger partial charge in [-0.2, -0.15) is 5.10 Å². The second-order valence-corrected chi connectivity index (χ2v) is 11.9. The molecule has 1 N–H and O–H groups in total. The monoisotopic (exact) mass is 584 g/mol. The lowest BCUT2D eigenvalue weighted by Crippen LogP contribution is -2.43. The van der Waals surface area contributed by atoms with Gasteiger partial charge in [0.05, 0.1) is 11.4 Å². The van der Waals surface area contributed by atoms with Gasteiger partial charge in [0.15, 0.2) is 22.5 Å². The molecule has 4 heterocycles. The first-order valence-electron chi connectivity index (χ1n) is 10.9. The van der Waals surface area contributed by atoms with Gasteiger partial charge in [0.2, 0.25) is 4.96 Å². The van der Waals surface area contributed by atoms with Crippen molar-refractivity contribution in [2.75, 3.05) is 20.2 Å². The molecular formula is C22H19Cl2FN6O4S2. The number of fused-ring (bicyclic) bond motifs is 3. The minimum atomic E-state index is -3.80. The fourth-order valence-corrected chi connectivity index (χ4v) is 6.01. The second-order valence-electron chi connectivity index (χ2n) is 8.10. The number of nitrogens with zero attached hydrogens (tertiary/aromatic N) is 5. The number of hydrogen-bond acceptors (Lipinski definition) is 8. The molecule has 4 aromatic rings. The van der Waals surface area contributed by atoms with Crippen molar-refractivity contribution in [3.63, 3.8) is 0 Å². The Morgan fingerprint density at radius 1 is 1.27 bits per heavy atom. The van der Waals surface area contributed by atoms with E-state index in [-0.39, 0.29) is 33.1 Å². The number of aromatic nitrogens is 4. The van der Waals surface area contributed by atoms with Crippen LogP contribution in [0.3, 0.4) is 0 Å². The number of carbonyl (C=O) groups is 1. The molecule has 194 valence electrons. The summed E-state index contributed by atoms with van der Waals surface area (Å²) < 4.78 is 48.4. The lowest BCUT2D eigenvalue weighted by atomic mass is 9.95. The highest BCUT2D eigenvalue weighted by Crippen LogP contribution is 2.38. The highest BCUT2D eigenvalue weighted by molar-refractivity contribution is 7.89. The van der Waals surface area contributed by atoms with Crippen LogP contribution in [0.1, 0.15) is 28.0 Å². The topological polar surface area (TPSA) is 119 Å². The second kappa shape index (κ2) is 9.80. The van der Waals surface area contributed by atoms with Crippen molar-refractivity contribution >= 4 is 55.4 Å². The lowest BCUT2D eigenvalue weighted by molar-refractivity contribution is -0.135. The van der Waals surface area contributed by atoms with E-state index in [2.05, 4.69) is 19.8 Å². The van der Waals surface area contributed by atoms with Crippen molar-refractivity contribution < 1.29 is 22.3 Å². The number of imidazole rings is 1. The van der Waals surface area contributed by atoms with Gasteiger partial charge in [-0.25, -0.2) is 32.0 Å². The summed E-state index contributed by atoms with van der Waals surface area (Å²) in [4.78, 5) is 24.1. The van der Waals surface area contributed by atoms with Crippen molar-refractivity contribution in [3.05, 3.63) is 68.3 Å². The molecule has 1 aromatic carbocycles. The molecule has 1 atom stereocenters. The van der Waals surface area contributed by atoms with E-state index in [0.717, 1.165) is 10.7 Å². The number of carbonyl (C=O) groups excluding carboxylic acids is 1. The van der Waals surface area contributed by atoms with Crippen molar-refractivity contribution in [1.82, 2.24) is 29.2 Å². The van der Waals surface area contributed by atoms with Crippen LogP contribution >= 0.6 is 34.5 Å². The average Bonchev–Trinajstić information content (AvgIpc) is 3.38. The molecule has 37 heavy (non-hydrogen) atoms. The van der Waals surface area contributed by atoms with Crippen LogP contribution in [0.5, 0.6) is 5.75 Å². The number of rotatable bonds is 6. The summed E-state index contributed by atoms with van der Waals surface area (Å²) in [6.45, 7) is 1.66. The van der Waals surface area contributed by atoms with Crippen molar-refractivity contribution in [2.24, 2.45) is 0 Å². The molecule has 0 saturated heterocycles. The van der Waals surface area contributed by atoms with Crippen LogP contribution in [-0.2, 0) is 21.2 Å². The highest BCUT2D eigenvalue weighted by atomic mass is 35.5. The third-order valence-corrected chi connectivity index (χ3v) is 8.48. The fraction of sp³-hybridized carbons (Fsp3) is 0.273. The predicted molar refractivity (Wildman–Crippen MR) is 135 cm³/mol. The third kappa shape index (κ3) is 4.77. The van der Waals surface area contributed by atoms with E-state index < -0.39 is 34.4 Å². The van der Waals surface area contributed by atoms with Crippen LogP contribution in [-0.4, -0.2) is 59.0 Å². The normalized spacial score (nSPS) is 15.7. The summed E-state index contributed by atoms with van der Waals surface area (Å²) in [7, 11) is -2.56. The zero-order valence-corrected chi connectivity index (χ0v) is 22.5. The Balaban J connectivity index is 1.47. The quantitative estimate of drug-likeness (QED) is 0.345. The molecule has 0 aliphatic carbocycles. The zero-order chi connectivity index (χ0) is 26.5. The standard InChI is InChI=1S/C22H19Cl2FN6O4S2/c1-11-29-31-20-15(27-22(31)36-11)7-8-30(19(20)13-4-3-12(23)9-14(13)25)18(32)10-35-16-5-6-17(28-21(16)24)37(33,34)26-2/h3-6,9,19,26H,7-8,10H2,1-2H3. The Labute approximate surface area is 225 Å². The zero-order valence-electron chi connectivity index (χ0n) is 19.4. The van der Waals surface area contributed by atoms with Crippen LogP contribution in [0.4, 0.5) is 4.39 Å². The SMILES string of the molecule is CNS(=O)(=O)c1ccc(OCC(=O)N2CCc3nc4sc(C)nn4c3C2c2ccc(Cl)cc2F)c(Cl)n1. The Bertz CT molecular complexity index is 1640. The molecule has 15 heteroatoms. The molecule has 1 unspecified atom stereocenters. The van der Waals surface area contributed by atoms with E-state index in [4.69, 9.17) is 27.9 Å². The Morgan fingerprint density at radius 2 is 2.05 bits per heavy atom. The largest absolute Gasteiger partial charge is 0.481 e. The van der Waals surface area contributed by atoms with E-state index in [1.54, 1.807) is 16.6 Å². The molecule has 10 nitrogen and oxygen atoms in total. The van der Waals surface area contributed by atoms with Gasteiger partial charge in [0.25, 0.3) is 15.9 Å². The molecule has 0 radical (unpaired) electrons. The Morgan fingerprint density at radius 3 is 2.76 bits per heavy atom. The van der Waals surface area contributed by atoms with Crippen LogP contribution in [0, 0.1) is 12.7 Å². The summed E-state index contributed by atoms with van der Waals surface area (Å²) in [5, 5.41) is 5.01. The van der Waals surface area contributed by atoms with Crippen molar-refractivity contribution in [3.8, 4) is 5.75 Å². The number of nitrogens with one attached hydrogen (secondary N) is 1. The number of aryl methyl sites for hydroxylation is 1. The van der Waals surface area contributed by atoms with E-state index in [9.17, 15) is 13.2 Å². The van der Waals surface area contributed by atoms with Gasteiger partial charge in [-0.3, -0.25) is 4.79 Å². The number of amides is 1. The maximum absolute atomic E-state index is 15.2. The number of sulfonamides is 1. The smallest absolute Gasteiger partial charge is 0.261 e. The van der Waals surface area contributed by atoms with E-state index in [1.807, 2.05) is 6.92 Å². The maximum Gasteiger partial charge on any atom is 0.261 e. The Hall–Kier alpha value is -2.84. The molecule has 0 saturated carbocycles. The molecule has 0 spiro atoms. The van der Waals surface area contributed by atoms with Gasteiger partial charge >= 0.3 is 0 Å². The molecule has 5 rings (SSSR count). The summed E-state index contributed by atoms with van der Waals surface area (Å²) in [6.07, 6.45) is 0.445. The van der Waals surface area contributed by atoms with Gasteiger partial charge in [-0.05, 0) is 38.2 Å². The number of hydrogen-bond donors (Lipinski definition) is 1. The van der Waals surface area contributed by atoms with Gasteiger partial charge in [0, 0.05) is 23.6 Å². The van der Waals surface area contributed by atoms with Crippen LogP contribution < -0.4 is 9.46 Å². The van der Waals surface area contributed by atoms with E-state index in [1.165, 1.54) is 41.5 Å². The number of halogens is 3. The van der Waals surface area contributed by atoms with E-state index in [0.29, 0.717) is 17.1 Å². The maximum atomic E-state index is 15.2. The number of pyridine rings is 1. The molecule has 1 amide bonds. The molecular weight excluding hydrogens is 566 g/mol. The minimum Gasteiger partial charge on any atom is -0.481 e. The van der Waals surface area contributed by atoms with Crippen molar-refractivity contribution in [1.29, 1.82) is 0 Å². The molecule has 1 aliphatic rings. The molecule has 1 aliphatic heterocycles.